The molecule has 3 nitrogen and oxygen atoms in total. The van der Waals surface area contributed by atoms with E-state index in [1.807, 2.05) is 0 Å². The van der Waals surface area contributed by atoms with Gasteiger partial charge in [-0.3, -0.25) is 0 Å². The van der Waals surface area contributed by atoms with Gasteiger partial charge >= 0.3 is 6.18 Å². The summed E-state index contributed by atoms with van der Waals surface area (Å²) in [7, 11) is 0. The van der Waals surface area contributed by atoms with Crippen LogP contribution in [0.2, 0.25) is 0 Å². The van der Waals surface area contributed by atoms with Gasteiger partial charge in [-0.2, -0.15) is 18.3 Å². The lowest BCUT2D eigenvalue weighted by Gasteiger charge is -2.24. The zero-order valence-electron chi connectivity index (χ0n) is 8.91. The number of hydrogen-bond acceptors (Lipinski definition) is 3. The van der Waals surface area contributed by atoms with Crippen LogP contribution in [0.4, 0.5) is 19.0 Å². The summed E-state index contributed by atoms with van der Waals surface area (Å²) in [5.74, 6) is 0.467. The van der Waals surface area contributed by atoms with Gasteiger partial charge < -0.3 is 4.90 Å². The highest BCUT2D eigenvalue weighted by Gasteiger charge is 2.38. The predicted molar refractivity (Wildman–Crippen MR) is 58.0 cm³/mol. The van der Waals surface area contributed by atoms with E-state index in [9.17, 15) is 13.2 Å². The summed E-state index contributed by atoms with van der Waals surface area (Å²) in [6, 6.07) is 3.07. The van der Waals surface area contributed by atoms with E-state index in [-0.39, 0.29) is 17.7 Å². The Morgan fingerprint density at radius 1 is 1.29 bits per heavy atom. The van der Waals surface area contributed by atoms with Crippen molar-refractivity contribution in [1.29, 1.82) is 0 Å². The number of nitrogens with zero attached hydrogens (tertiary/aromatic N) is 3. The molecule has 17 heavy (non-hydrogen) atoms. The van der Waals surface area contributed by atoms with Gasteiger partial charge in [-0.1, -0.05) is 0 Å². The van der Waals surface area contributed by atoms with Gasteiger partial charge in [-0.25, -0.2) is 0 Å². The van der Waals surface area contributed by atoms with Gasteiger partial charge in [-0.15, -0.1) is 16.7 Å². The van der Waals surface area contributed by atoms with Crippen LogP contribution < -0.4 is 4.90 Å². The number of hydrogen-bond donors (Lipinski definition) is 0. The summed E-state index contributed by atoms with van der Waals surface area (Å²) in [5.41, 5.74) is 0.554. The van der Waals surface area contributed by atoms with Crippen LogP contribution >= 0.6 is 11.6 Å². The first-order chi connectivity index (χ1) is 7.99. The molecule has 1 saturated carbocycles. The largest absolute Gasteiger partial charge is 0.405 e. The lowest BCUT2D eigenvalue weighted by atomic mass is 10.3. The summed E-state index contributed by atoms with van der Waals surface area (Å²) in [6.45, 7) is -0.980. The third-order valence-corrected chi connectivity index (χ3v) is 2.75. The van der Waals surface area contributed by atoms with E-state index >= 15 is 0 Å². The van der Waals surface area contributed by atoms with Crippen LogP contribution in [0.1, 0.15) is 18.5 Å². The molecule has 0 radical (unpaired) electrons. The second-order valence-corrected chi connectivity index (χ2v) is 4.26. The standard InChI is InChI=1S/C10H11ClF3N3/c11-5-7-1-4-9(16-15-7)17(8-2-3-8)6-10(12,13)14/h1,4,8H,2-3,5-6H2. The number of halogens is 4. The van der Waals surface area contributed by atoms with E-state index < -0.39 is 12.7 Å². The van der Waals surface area contributed by atoms with E-state index in [2.05, 4.69) is 10.2 Å². The molecule has 1 fully saturated rings. The van der Waals surface area contributed by atoms with Crippen LogP contribution in [0.5, 0.6) is 0 Å². The summed E-state index contributed by atoms with van der Waals surface area (Å²) < 4.78 is 37.2. The van der Waals surface area contributed by atoms with E-state index in [1.165, 1.54) is 11.0 Å². The Balaban J connectivity index is 2.14. The third kappa shape index (κ3) is 3.46. The summed E-state index contributed by atoms with van der Waals surface area (Å²) in [4.78, 5) is 1.25. The van der Waals surface area contributed by atoms with Crippen molar-refractivity contribution in [2.45, 2.75) is 30.9 Å². The lowest BCUT2D eigenvalue weighted by Crippen LogP contribution is -2.36. The molecule has 0 aromatic carbocycles. The molecule has 1 aromatic rings. The molecule has 0 bridgehead atoms. The highest BCUT2D eigenvalue weighted by molar-refractivity contribution is 6.16. The Bertz CT molecular complexity index is 375. The Kier molecular flexibility index (Phi) is 3.42. The molecule has 0 aliphatic heterocycles. The summed E-state index contributed by atoms with van der Waals surface area (Å²) >= 11 is 5.54. The monoisotopic (exact) mass is 265 g/mol. The minimum absolute atomic E-state index is 0.0622. The second kappa shape index (κ2) is 4.68. The van der Waals surface area contributed by atoms with Gasteiger partial charge in [0.05, 0.1) is 11.6 Å². The Morgan fingerprint density at radius 2 is 2.00 bits per heavy atom. The maximum absolute atomic E-state index is 12.4. The SMILES string of the molecule is FC(F)(F)CN(c1ccc(CCl)nn1)C1CC1. The van der Waals surface area contributed by atoms with Crippen molar-refractivity contribution < 1.29 is 13.2 Å². The molecule has 2 rings (SSSR count). The summed E-state index contributed by atoms with van der Waals surface area (Å²) in [5, 5.41) is 7.55. The average Bonchev–Trinajstić information content (AvgIpc) is 3.09. The normalized spacial score (nSPS) is 16.0. The van der Waals surface area contributed by atoms with Crippen LogP contribution in [-0.4, -0.2) is 29.0 Å². The molecule has 94 valence electrons. The zero-order chi connectivity index (χ0) is 12.5. The maximum atomic E-state index is 12.4. The Hall–Kier alpha value is -1.04. The van der Waals surface area contributed by atoms with Gasteiger partial charge in [0.1, 0.15) is 6.54 Å². The number of alkyl halides is 4. The second-order valence-electron chi connectivity index (χ2n) is 3.99. The van der Waals surface area contributed by atoms with Crippen LogP contribution in [0, 0.1) is 0 Å². The molecule has 1 aliphatic rings. The smallest absolute Gasteiger partial charge is 0.343 e. The molecular weight excluding hydrogens is 255 g/mol. The molecule has 1 aromatic heterocycles. The van der Waals surface area contributed by atoms with Gasteiger partial charge in [0.25, 0.3) is 0 Å². The molecule has 7 heteroatoms. The van der Waals surface area contributed by atoms with Crippen molar-refractivity contribution in [3.05, 3.63) is 17.8 Å². The van der Waals surface area contributed by atoms with Crippen LogP contribution in [0.3, 0.4) is 0 Å². The summed E-state index contributed by atoms with van der Waals surface area (Å²) in [6.07, 6.45) is -2.68. The van der Waals surface area contributed by atoms with Gasteiger partial charge in [-0.05, 0) is 25.0 Å². The van der Waals surface area contributed by atoms with Crippen LogP contribution in [0.25, 0.3) is 0 Å². The fourth-order valence-electron chi connectivity index (χ4n) is 1.55. The minimum Gasteiger partial charge on any atom is -0.343 e. The molecule has 0 N–H and O–H groups in total. The van der Waals surface area contributed by atoms with E-state index in [1.54, 1.807) is 6.07 Å². The van der Waals surface area contributed by atoms with Crippen molar-refractivity contribution in [1.82, 2.24) is 10.2 Å². The first-order valence-electron chi connectivity index (χ1n) is 5.21. The highest BCUT2D eigenvalue weighted by atomic mass is 35.5. The van der Waals surface area contributed by atoms with Crippen molar-refractivity contribution in [2.24, 2.45) is 0 Å². The van der Waals surface area contributed by atoms with E-state index in [0.717, 1.165) is 12.8 Å². The van der Waals surface area contributed by atoms with Gasteiger partial charge in [0.2, 0.25) is 0 Å². The molecular formula is C10H11ClF3N3. The molecule has 0 spiro atoms. The van der Waals surface area contributed by atoms with Crippen LogP contribution in [-0.2, 0) is 5.88 Å². The molecule has 0 amide bonds. The molecule has 0 saturated heterocycles. The minimum atomic E-state index is -4.23. The topological polar surface area (TPSA) is 29.0 Å². The van der Waals surface area contributed by atoms with Crippen molar-refractivity contribution in [3.63, 3.8) is 0 Å². The number of aromatic nitrogens is 2. The lowest BCUT2D eigenvalue weighted by molar-refractivity contribution is -0.120. The van der Waals surface area contributed by atoms with Crippen molar-refractivity contribution in [3.8, 4) is 0 Å². The zero-order valence-corrected chi connectivity index (χ0v) is 9.67. The molecule has 1 heterocycles. The van der Waals surface area contributed by atoms with Crippen LogP contribution in [0.15, 0.2) is 12.1 Å². The Labute approximate surface area is 102 Å². The maximum Gasteiger partial charge on any atom is 0.405 e. The molecule has 1 aliphatic carbocycles. The first kappa shape index (κ1) is 12.4. The molecule has 0 atom stereocenters. The quantitative estimate of drug-likeness (QED) is 0.784. The molecule has 0 unspecified atom stereocenters. The number of anilines is 1. The fraction of sp³-hybridized carbons (Fsp3) is 0.600. The van der Waals surface area contributed by atoms with Gasteiger partial charge in [0, 0.05) is 6.04 Å². The average molecular weight is 266 g/mol. The van der Waals surface area contributed by atoms with Crippen molar-refractivity contribution in [2.75, 3.05) is 11.4 Å². The van der Waals surface area contributed by atoms with Crippen molar-refractivity contribution >= 4 is 17.4 Å². The van der Waals surface area contributed by atoms with Gasteiger partial charge in [0.15, 0.2) is 5.82 Å². The first-order valence-corrected chi connectivity index (χ1v) is 5.75. The predicted octanol–water partition coefficient (Wildman–Crippen LogP) is 2.75. The number of rotatable bonds is 4. The third-order valence-electron chi connectivity index (χ3n) is 2.47. The van der Waals surface area contributed by atoms with E-state index in [0.29, 0.717) is 5.69 Å². The highest BCUT2D eigenvalue weighted by Crippen LogP contribution is 2.33. The fourth-order valence-corrected chi connectivity index (χ4v) is 1.70. The Morgan fingerprint density at radius 3 is 2.41 bits per heavy atom. The van der Waals surface area contributed by atoms with E-state index in [4.69, 9.17) is 11.6 Å².